The van der Waals surface area contributed by atoms with Gasteiger partial charge in [-0.3, -0.25) is 9.78 Å². The summed E-state index contributed by atoms with van der Waals surface area (Å²) in [7, 11) is 0. The first-order valence-corrected chi connectivity index (χ1v) is 9.44. The van der Waals surface area contributed by atoms with Crippen LogP contribution in [0, 0.1) is 0 Å². The molecule has 0 fully saturated rings. The van der Waals surface area contributed by atoms with E-state index < -0.39 is 0 Å². The zero-order valence-electron chi connectivity index (χ0n) is 15.6. The Labute approximate surface area is 174 Å². The van der Waals surface area contributed by atoms with Gasteiger partial charge in [0.2, 0.25) is 0 Å². The lowest BCUT2D eigenvalue weighted by atomic mass is 10.2. The molecule has 6 nitrogen and oxygen atoms in total. The Morgan fingerprint density at radius 3 is 2.38 bits per heavy atom. The predicted molar refractivity (Wildman–Crippen MR) is 113 cm³/mol. The van der Waals surface area contributed by atoms with Crippen LogP contribution in [0.2, 0.25) is 5.02 Å². The third-order valence-corrected chi connectivity index (χ3v) is 4.18. The summed E-state index contributed by atoms with van der Waals surface area (Å²) in [5, 5.41) is 4.59. The van der Waals surface area contributed by atoms with Crippen LogP contribution in [0.1, 0.15) is 22.3 Å². The van der Waals surface area contributed by atoms with Gasteiger partial charge >= 0.3 is 0 Å². The minimum atomic E-state index is -0.307. The van der Waals surface area contributed by atoms with Crippen molar-refractivity contribution < 1.29 is 14.3 Å². The lowest BCUT2D eigenvalue weighted by Crippen LogP contribution is -2.17. The van der Waals surface area contributed by atoms with Gasteiger partial charge in [0.15, 0.2) is 0 Å². The molecule has 1 amide bonds. The summed E-state index contributed by atoms with van der Waals surface area (Å²) in [5.41, 5.74) is 3.73. The van der Waals surface area contributed by atoms with Crippen molar-refractivity contribution in [1.82, 2.24) is 10.4 Å². The van der Waals surface area contributed by atoms with Crippen LogP contribution < -0.4 is 14.9 Å². The lowest BCUT2D eigenvalue weighted by molar-refractivity contribution is 0.0955. The Bertz CT molecular complexity index is 964. The summed E-state index contributed by atoms with van der Waals surface area (Å²) in [6.45, 7) is 0.959. The van der Waals surface area contributed by atoms with Crippen LogP contribution in [0.4, 0.5) is 0 Å². The predicted octanol–water partition coefficient (Wildman–Crippen LogP) is 4.35. The number of nitrogens with one attached hydrogen (secondary N) is 1. The summed E-state index contributed by atoms with van der Waals surface area (Å²) in [6.07, 6.45) is 5.35. The van der Waals surface area contributed by atoms with E-state index >= 15 is 0 Å². The van der Waals surface area contributed by atoms with E-state index in [0.29, 0.717) is 41.7 Å². The first kappa shape index (κ1) is 20.4. The molecule has 1 aromatic heterocycles. The maximum Gasteiger partial charge on any atom is 0.271 e. The molecule has 3 aromatic rings. The van der Waals surface area contributed by atoms with Gasteiger partial charge in [-0.2, -0.15) is 5.10 Å². The Morgan fingerprint density at radius 2 is 1.62 bits per heavy atom. The van der Waals surface area contributed by atoms with Gasteiger partial charge in [-0.05, 0) is 36.4 Å². The Hall–Kier alpha value is -3.38. The molecular formula is C22H20ClN3O3. The molecule has 0 radical (unpaired) electrons. The standard InChI is InChI=1S/C22H20ClN3O3/c23-19-7-2-4-9-21(19)29-15-5-14-28-20-8-3-1-6-18(20)16-25-26-22(27)17-10-12-24-13-11-17/h1-4,6-13,16H,5,14-15H2,(H,26,27). The molecule has 2 aromatic carbocycles. The van der Waals surface area contributed by atoms with E-state index in [2.05, 4.69) is 15.5 Å². The molecule has 0 spiro atoms. The van der Waals surface area contributed by atoms with Crippen molar-refractivity contribution in [2.24, 2.45) is 5.10 Å². The quantitative estimate of drug-likeness (QED) is 0.324. The van der Waals surface area contributed by atoms with Crippen molar-refractivity contribution in [3.63, 3.8) is 0 Å². The molecule has 3 rings (SSSR count). The van der Waals surface area contributed by atoms with Crippen LogP contribution in [-0.2, 0) is 0 Å². The van der Waals surface area contributed by atoms with Crippen LogP contribution >= 0.6 is 11.6 Å². The summed E-state index contributed by atoms with van der Waals surface area (Å²) < 4.78 is 11.5. The number of hydrogen-bond acceptors (Lipinski definition) is 5. The SMILES string of the molecule is O=C(NN=Cc1ccccc1OCCCOc1ccccc1Cl)c1ccncc1. The largest absolute Gasteiger partial charge is 0.493 e. The van der Waals surface area contributed by atoms with Crippen molar-refractivity contribution in [1.29, 1.82) is 0 Å². The molecule has 0 atom stereocenters. The maximum absolute atomic E-state index is 12.0. The number of halogens is 1. The average Bonchev–Trinajstić information content (AvgIpc) is 2.76. The van der Waals surface area contributed by atoms with E-state index in [0.717, 1.165) is 5.56 Å². The number of amides is 1. The van der Waals surface area contributed by atoms with Gasteiger partial charge in [0, 0.05) is 29.9 Å². The number of nitrogens with zero attached hydrogens (tertiary/aromatic N) is 2. The fourth-order valence-electron chi connectivity index (χ4n) is 2.43. The molecule has 0 aliphatic rings. The molecule has 29 heavy (non-hydrogen) atoms. The van der Waals surface area contributed by atoms with Gasteiger partial charge in [-0.1, -0.05) is 35.9 Å². The molecule has 148 valence electrons. The van der Waals surface area contributed by atoms with Gasteiger partial charge in [0.05, 0.1) is 24.5 Å². The zero-order chi connectivity index (χ0) is 20.3. The summed E-state index contributed by atoms with van der Waals surface area (Å²) in [6, 6.07) is 18.0. The fourth-order valence-corrected chi connectivity index (χ4v) is 2.62. The maximum atomic E-state index is 12.0. The summed E-state index contributed by atoms with van der Waals surface area (Å²) in [5.74, 6) is 1.03. The van der Waals surface area contributed by atoms with E-state index in [1.54, 1.807) is 36.8 Å². The number of aromatic nitrogens is 1. The number of para-hydroxylation sites is 2. The highest BCUT2D eigenvalue weighted by molar-refractivity contribution is 6.32. The molecule has 0 saturated heterocycles. The number of hydrogen-bond donors (Lipinski definition) is 1. The molecule has 0 aliphatic heterocycles. The highest BCUT2D eigenvalue weighted by Crippen LogP contribution is 2.23. The van der Waals surface area contributed by atoms with Crippen LogP contribution in [-0.4, -0.2) is 30.3 Å². The highest BCUT2D eigenvalue weighted by atomic mass is 35.5. The normalized spacial score (nSPS) is 10.7. The monoisotopic (exact) mass is 409 g/mol. The highest BCUT2D eigenvalue weighted by Gasteiger charge is 2.04. The van der Waals surface area contributed by atoms with Crippen molar-refractivity contribution >= 4 is 23.7 Å². The summed E-state index contributed by atoms with van der Waals surface area (Å²) in [4.78, 5) is 15.9. The van der Waals surface area contributed by atoms with Gasteiger partial charge in [0.25, 0.3) is 5.91 Å². The number of carbonyl (C=O) groups excluding carboxylic acids is 1. The molecule has 0 saturated carbocycles. The number of rotatable bonds is 9. The third kappa shape index (κ3) is 6.33. The van der Waals surface area contributed by atoms with Crippen LogP contribution in [0.15, 0.2) is 78.2 Å². The minimum Gasteiger partial charge on any atom is -0.493 e. The first-order chi connectivity index (χ1) is 14.2. The molecule has 0 bridgehead atoms. The van der Waals surface area contributed by atoms with Crippen molar-refractivity contribution in [3.05, 3.63) is 89.2 Å². The Balaban J connectivity index is 1.47. The van der Waals surface area contributed by atoms with Gasteiger partial charge < -0.3 is 9.47 Å². The number of pyridine rings is 1. The Kier molecular flexibility index (Phi) is 7.60. The van der Waals surface area contributed by atoms with Gasteiger partial charge in [-0.25, -0.2) is 5.43 Å². The molecular weight excluding hydrogens is 390 g/mol. The second kappa shape index (κ2) is 10.8. The van der Waals surface area contributed by atoms with E-state index in [1.165, 1.54) is 0 Å². The Morgan fingerprint density at radius 1 is 0.966 bits per heavy atom. The topological polar surface area (TPSA) is 72.8 Å². The zero-order valence-corrected chi connectivity index (χ0v) is 16.4. The van der Waals surface area contributed by atoms with E-state index in [1.807, 2.05) is 42.5 Å². The van der Waals surface area contributed by atoms with Crippen LogP contribution in [0.25, 0.3) is 0 Å². The van der Waals surface area contributed by atoms with Gasteiger partial charge in [-0.15, -0.1) is 0 Å². The van der Waals surface area contributed by atoms with E-state index in [9.17, 15) is 4.79 Å². The van der Waals surface area contributed by atoms with Crippen LogP contribution in [0.3, 0.4) is 0 Å². The third-order valence-electron chi connectivity index (χ3n) is 3.87. The number of carbonyl (C=O) groups is 1. The number of benzene rings is 2. The summed E-state index contributed by atoms with van der Waals surface area (Å²) >= 11 is 6.06. The molecule has 0 aliphatic carbocycles. The average molecular weight is 410 g/mol. The smallest absolute Gasteiger partial charge is 0.271 e. The van der Waals surface area contributed by atoms with E-state index in [4.69, 9.17) is 21.1 Å². The van der Waals surface area contributed by atoms with Crippen LogP contribution in [0.5, 0.6) is 11.5 Å². The number of ether oxygens (including phenoxy) is 2. The first-order valence-electron chi connectivity index (χ1n) is 9.06. The second-order valence-corrected chi connectivity index (χ2v) is 6.36. The number of hydrazone groups is 1. The molecule has 0 unspecified atom stereocenters. The van der Waals surface area contributed by atoms with Crippen molar-refractivity contribution in [3.8, 4) is 11.5 Å². The molecule has 7 heteroatoms. The second-order valence-electron chi connectivity index (χ2n) is 5.95. The van der Waals surface area contributed by atoms with E-state index in [-0.39, 0.29) is 5.91 Å². The fraction of sp³-hybridized carbons (Fsp3) is 0.136. The van der Waals surface area contributed by atoms with Crippen molar-refractivity contribution in [2.75, 3.05) is 13.2 Å². The lowest BCUT2D eigenvalue weighted by Gasteiger charge is -2.10. The van der Waals surface area contributed by atoms with Crippen molar-refractivity contribution in [2.45, 2.75) is 6.42 Å². The van der Waals surface area contributed by atoms with Gasteiger partial charge in [0.1, 0.15) is 11.5 Å². The molecule has 1 heterocycles. The minimum absolute atomic E-state index is 0.307. The molecule has 1 N–H and O–H groups in total.